The highest BCUT2D eigenvalue weighted by atomic mass is 16.1. The molecule has 6 nitrogen and oxygen atoms in total. The van der Waals surface area contributed by atoms with Crippen molar-refractivity contribution in [1.29, 1.82) is 5.26 Å². The number of hydrogen-bond acceptors (Lipinski definition) is 5. The van der Waals surface area contributed by atoms with Crippen molar-refractivity contribution in [3.8, 4) is 6.07 Å². The number of nitrogens with zero attached hydrogens (tertiary/aromatic N) is 3. The third kappa shape index (κ3) is 2.19. The van der Waals surface area contributed by atoms with Crippen molar-refractivity contribution < 1.29 is 4.79 Å². The number of nitrogens with two attached hydrogens (primary N) is 1. The van der Waals surface area contributed by atoms with E-state index < -0.39 is 11.9 Å². The Balaban J connectivity index is 2.36. The highest BCUT2D eigenvalue weighted by Crippen LogP contribution is 2.21. The van der Waals surface area contributed by atoms with Crippen molar-refractivity contribution in [3.05, 3.63) is 24.0 Å². The Labute approximate surface area is 99.0 Å². The van der Waals surface area contributed by atoms with Gasteiger partial charge in [-0.05, 0) is 6.07 Å². The van der Waals surface area contributed by atoms with Gasteiger partial charge in [-0.2, -0.15) is 5.26 Å². The second-order valence-electron chi connectivity index (χ2n) is 3.82. The Morgan fingerprint density at radius 1 is 1.71 bits per heavy atom. The molecule has 2 heterocycles. The number of hydrogen-bond donors (Lipinski definition) is 2. The third-order valence-electron chi connectivity index (χ3n) is 2.80. The second kappa shape index (κ2) is 4.80. The van der Waals surface area contributed by atoms with Crippen molar-refractivity contribution in [2.75, 3.05) is 24.5 Å². The topological polar surface area (TPSA) is 95.0 Å². The van der Waals surface area contributed by atoms with Gasteiger partial charge in [0.05, 0.1) is 17.4 Å². The van der Waals surface area contributed by atoms with E-state index in [1.807, 2.05) is 4.90 Å². The number of pyridine rings is 1. The molecular formula is C11H13N5O. The number of amides is 1. The summed E-state index contributed by atoms with van der Waals surface area (Å²) < 4.78 is 0. The van der Waals surface area contributed by atoms with Gasteiger partial charge in [-0.15, -0.1) is 0 Å². The van der Waals surface area contributed by atoms with Crippen LogP contribution in [0.1, 0.15) is 5.56 Å². The first kappa shape index (κ1) is 11.4. The molecule has 1 unspecified atom stereocenters. The molecule has 1 aromatic heterocycles. The van der Waals surface area contributed by atoms with E-state index in [4.69, 9.17) is 11.0 Å². The minimum absolute atomic E-state index is 0.398. The number of anilines is 1. The Bertz CT molecular complexity index is 467. The summed E-state index contributed by atoms with van der Waals surface area (Å²) in [4.78, 5) is 17.2. The molecule has 88 valence electrons. The molecule has 0 bridgehead atoms. The molecule has 0 spiro atoms. The molecule has 1 saturated heterocycles. The molecule has 17 heavy (non-hydrogen) atoms. The lowest BCUT2D eigenvalue weighted by Gasteiger charge is -2.36. The Morgan fingerprint density at radius 3 is 3.24 bits per heavy atom. The lowest BCUT2D eigenvalue weighted by molar-refractivity contribution is -0.119. The van der Waals surface area contributed by atoms with Crippen LogP contribution in [0.5, 0.6) is 0 Å². The van der Waals surface area contributed by atoms with Crippen molar-refractivity contribution in [1.82, 2.24) is 10.3 Å². The van der Waals surface area contributed by atoms with Gasteiger partial charge in [-0.3, -0.25) is 9.78 Å². The first-order valence-electron chi connectivity index (χ1n) is 5.35. The minimum Gasteiger partial charge on any atom is -0.368 e. The molecule has 3 N–H and O–H groups in total. The molecule has 2 rings (SSSR count). The summed E-state index contributed by atoms with van der Waals surface area (Å²) in [6.45, 7) is 1.88. The van der Waals surface area contributed by atoms with Crippen LogP contribution >= 0.6 is 0 Å². The molecule has 0 aromatic carbocycles. The van der Waals surface area contributed by atoms with Crippen LogP contribution in [0.25, 0.3) is 0 Å². The number of primary amides is 1. The van der Waals surface area contributed by atoms with Crippen LogP contribution in [0.3, 0.4) is 0 Å². The van der Waals surface area contributed by atoms with Crippen LogP contribution in [0.4, 0.5) is 5.69 Å². The zero-order chi connectivity index (χ0) is 12.3. The van der Waals surface area contributed by atoms with Crippen molar-refractivity contribution >= 4 is 11.6 Å². The normalized spacial score (nSPS) is 19.7. The van der Waals surface area contributed by atoms with Crippen LogP contribution in [0, 0.1) is 11.3 Å². The number of carbonyl (C=O) groups is 1. The van der Waals surface area contributed by atoms with Crippen LogP contribution in [0.2, 0.25) is 0 Å². The van der Waals surface area contributed by atoms with Gasteiger partial charge in [0, 0.05) is 25.8 Å². The van der Waals surface area contributed by atoms with Gasteiger partial charge in [0.2, 0.25) is 5.91 Å². The van der Waals surface area contributed by atoms with Gasteiger partial charge in [0.25, 0.3) is 0 Å². The fourth-order valence-corrected chi connectivity index (χ4v) is 1.96. The van der Waals surface area contributed by atoms with E-state index in [1.54, 1.807) is 18.5 Å². The lowest BCUT2D eigenvalue weighted by atomic mass is 10.1. The first-order chi connectivity index (χ1) is 8.24. The van der Waals surface area contributed by atoms with Crippen molar-refractivity contribution in [3.63, 3.8) is 0 Å². The van der Waals surface area contributed by atoms with Gasteiger partial charge < -0.3 is 16.0 Å². The Hall–Kier alpha value is -2.13. The van der Waals surface area contributed by atoms with Gasteiger partial charge in [-0.25, -0.2) is 0 Å². The molecule has 1 fully saturated rings. The number of nitrogens with one attached hydrogen (secondary N) is 1. The molecule has 1 aromatic rings. The quantitative estimate of drug-likeness (QED) is 0.696. The van der Waals surface area contributed by atoms with Crippen molar-refractivity contribution in [2.24, 2.45) is 5.73 Å². The van der Waals surface area contributed by atoms with Crippen LogP contribution in [0.15, 0.2) is 18.5 Å². The molecule has 1 aliphatic rings. The maximum absolute atomic E-state index is 11.4. The Kier molecular flexibility index (Phi) is 3.21. The number of aromatic nitrogens is 1. The molecular weight excluding hydrogens is 218 g/mol. The average Bonchev–Trinajstić information content (AvgIpc) is 2.38. The number of nitriles is 1. The maximum Gasteiger partial charge on any atom is 0.241 e. The maximum atomic E-state index is 11.4. The van der Waals surface area contributed by atoms with E-state index in [-0.39, 0.29) is 0 Å². The smallest absolute Gasteiger partial charge is 0.241 e. The highest BCUT2D eigenvalue weighted by Gasteiger charge is 2.28. The fourth-order valence-electron chi connectivity index (χ4n) is 1.96. The second-order valence-corrected chi connectivity index (χ2v) is 3.82. The highest BCUT2D eigenvalue weighted by molar-refractivity contribution is 5.84. The summed E-state index contributed by atoms with van der Waals surface area (Å²) in [5.74, 6) is -0.398. The summed E-state index contributed by atoms with van der Waals surface area (Å²) in [5.41, 5.74) is 6.54. The van der Waals surface area contributed by atoms with E-state index in [9.17, 15) is 4.79 Å². The zero-order valence-electron chi connectivity index (χ0n) is 9.26. The monoisotopic (exact) mass is 231 g/mol. The van der Waals surface area contributed by atoms with Crippen LogP contribution in [-0.2, 0) is 4.79 Å². The molecule has 1 atom stereocenters. The average molecular weight is 231 g/mol. The number of rotatable bonds is 2. The predicted octanol–water partition coefficient (Wildman–Crippen LogP) is -0.783. The SMILES string of the molecule is N#Cc1ccncc1N1CCNCC1C(N)=O. The van der Waals surface area contributed by atoms with Gasteiger partial charge in [0.1, 0.15) is 12.1 Å². The van der Waals surface area contributed by atoms with E-state index in [0.717, 1.165) is 6.54 Å². The molecule has 1 amide bonds. The fraction of sp³-hybridized carbons (Fsp3) is 0.364. The largest absolute Gasteiger partial charge is 0.368 e. The summed E-state index contributed by atoms with van der Waals surface area (Å²) in [6.07, 6.45) is 3.16. The number of carbonyl (C=O) groups excluding carboxylic acids is 1. The van der Waals surface area contributed by atoms with Gasteiger partial charge in [0.15, 0.2) is 0 Å². The molecule has 0 saturated carbocycles. The zero-order valence-corrected chi connectivity index (χ0v) is 9.26. The summed E-state index contributed by atoms with van der Waals surface area (Å²) in [6, 6.07) is 3.30. The molecule has 6 heteroatoms. The van der Waals surface area contributed by atoms with Crippen LogP contribution < -0.4 is 16.0 Å². The van der Waals surface area contributed by atoms with E-state index in [0.29, 0.717) is 24.3 Å². The summed E-state index contributed by atoms with van der Waals surface area (Å²) >= 11 is 0. The third-order valence-corrected chi connectivity index (χ3v) is 2.80. The van der Waals surface area contributed by atoms with E-state index in [1.165, 1.54) is 0 Å². The molecule has 0 aliphatic carbocycles. The van der Waals surface area contributed by atoms with E-state index in [2.05, 4.69) is 16.4 Å². The first-order valence-corrected chi connectivity index (χ1v) is 5.35. The summed E-state index contributed by atoms with van der Waals surface area (Å²) in [7, 11) is 0. The van der Waals surface area contributed by atoms with Crippen molar-refractivity contribution in [2.45, 2.75) is 6.04 Å². The minimum atomic E-state index is -0.431. The number of piperazine rings is 1. The molecule has 0 radical (unpaired) electrons. The predicted molar refractivity (Wildman–Crippen MR) is 62.2 cm³/mol. The van der Waals surface area contributed by atoms with E-state index >= 15 is 0 Å². The van der Waals surface area contributed by atoms with Gasteiger partial charge in [-0.1, -0.05) is 0 Å². The van der Waals surface area contributed by atoms with Gasteiger partial charge >= 0.3 is 0 Å². The summed E-state index contributed by atoms with van der Waals surface area (Å²) in [5, 5.41) is 12.1. The Morgan fingerprint density at radius 2 is 2.53 bits per heavy atom. The standard InChI is InChI=1S/C11H13N5O/c12-5-8-1-2-14-6-9(8)16-4-3-15-7-10(16)11(13)17/h1-2,6,10,15H,3-4,7H2,(H2,13,17). The van der Waals surface area contributed by atoms with Crippen LogP contribution in [-0.4, -0.2) is 36.6 Å². The lowest BCUT2D eigenvalue weighted by Crippen LogP contribution is -2.57. The molecule has 1 aliphatic heterocycles.